The molecule has 6 nitrogen and oxygen atoms in total. The molecule has 6 heteroatoms. The second kappa shape index (κ2) is 8.08. The van der Waals surface area contributed by atoms with Gasteiger partial charge in [0.05, 0.1) is 6.61 Å². The summed E-state index contributed by atoms with van der Waals surface area (Å²) in [6.07, 6.45) is 1.45. The third kappa shape index (κ3) is 5.21. The van der Waals surface area contributed by atoms with Gasteiger partial charge in [-0.3, -0.25) is 4.79 Å². The topological polar surface area (TPSA) is 95.9 Å². The van der Waals surface area contributed by atoms with Crippen molar-refractivity contribution in [3.8, 4) is 0 Å². The van der Waals surface area contributed by atoms with E-state index in [4.69, 9.17) is 5.11 Å². The minimum Gasteiger partial charge on any atom is -0.480 e. The summed E-state index contributed by atoms with van der Waals surface area (Å²) in [6, 6.07) is 7.68. The van der Waals surface area contributed by atoms with Crippen molar-refractivity contribution in [2.75, 3.05) is 13.7 Å². The highest BCUT2D eigenvalue weighted by Crippen LogP contribution is 2.01. The third-order valence-corrected chi connectivity index (χ3v) is 2.51. The molecule has 1 aromatic carbocycles. The molecule has 0 fully saturated rings. The van der Waals surface area contributed by atoms with Crippen molar-refractivity contribution in [3.05, 3.63) is 42.0 Å². The van der Waals surface area contributed by atoms with E-state index in [0.717, 1.165) is 5.56 Å². The summed E-state index contributed by atoms with van der Waals surface area (Å²) in [5.74, 6) is -1.92. The van der Waals surface area contributed by atoms with E-state index in [9.17, 15) is 14.7 Å². The average Bonchev–Trinajstić information content (AvgIpc) is 2.43. The number of benzene rings is 1. The highest BCUT2D eigenvalue weighted by Gasteiger charge is 2.27. The molecule has 0 aliphatic rings. The number of nitrogens with one attached hydrogen (secondary N) is 1. The van der Waals surface area contributed by atoms with Crippen LogP contribution in [-0.2, 0) is 14.3 Å². The number of carboxylic acids is 1. The van der Waals surface area contributed by atoms with E-state index in [1.54, 1.807) is 18.2 Å². The highest BCUT2D eigenvalue weighted by molar-refractivity contribution is 5.94. The number of methoxy groups -OCH3 is 1. The van der Waals surface area contributed by atoms with Crippen molar-refractivity contribution in [3.63, 3.8) is 0 Å². The molecule has 20 heavy (non-hydrogen) atoms. The van der Waals surface area contributed by atoms with E-state index in [0.29, 0.717) is 0 Å². The first-order chi connectivity index (χ1) is 9.54. The molecule has 0 aromatic heterocycles. The zero-order valence-corrected chi connectivity index (χ0v) is 11.0. The highest BCUT2D eigenvalue weighted by atomic mass is 16.5. The molecule has 2 atom stereocenters. The minimum absolute atomic E-state index is 0.181. The minimum atomic E-state index is -1.41. The summed E-state index contributed by atoms with van der Waals surface area (Å²) in [7, 11) is 1.33. The van der Waals surface area contributed by atoms with Gasteiger partial charge in [-0.2, -0.15) is 0 Å². The van der Waals surface area contributed by atoms with Gasteiger partial charge in [0.15, 0.2) is 6.04 Å². The quantitative estimate of drug-likeness (QED) is 0.623. The number of hydrogen-bond donors (Lipinski definition) is 3. The predicted molar refractivity (Wildman–Crippen MR) is 72.9 cm³/mol. The molecule has 0 aliphatic carbocycles. The molecule has 3 N–H and O–H groups in total. The van der Waals surface area contributed by atoms with Crippen LogP contribution in [-0.4, -0.2) is 48.0 Å². The Kier molecular flexibility index (Phi) is 6.42. The van der Waals surface area contributed by atoms with Crippen LogP contribution < -0.4 is 5.32 Å². The number of aliphatic hydroxyl groups excluding tert-OH is 1. The van der Waals surface area contributed by atoms with Gasteiger partial charge in [0.1, 0.15) is 6.10 Å². The Labute approximate surface area is 116 Å². The Balaban J connectivity index is 2.63. The second-order valence-electron chi connectivity index (χ2n) is 4.09. The van der Waals surface area contributed by atoms with Gasteiger partial charge in [-0.05, 0) is 11.6 Å². The van der Waals surface area contributed by atoms with Crippen molar-refractivity contribution in [2.45, 2.75) is 12.1 Å². The van der Waals surface area contributed by atoms with Crippen molar-refractivity contribution < 1.29 is 24.5 Å². The van der Waals surface area contributed by atoms with Crippen molar-refractivity contribution in [1.29, 1.82) is 0 Å². The summed E-state index contributed by atoms with van der Waals surface area (Å²) in [4.78, 5) is 22.6. The molecule has 1 amide bonds. The third-order valence-electron chi connectivity index (χ3n) is 2.51. The number of hydrogen-bond acceptors (Lipinski definition) is 4. The lowest BCUT2D eigenvalue weighted by atomic mass is 10.1. The Bertz CT molecular complexity index is 472. The summed E-state index contributed by atoms with van der Waals surface area (Å²) in [6.45, 7) is -0.181. The fourth-order valence-corrected chi connectivity index (χ4v) is 1.53. The molecule has 0 heterocycles. The lowest BCUT2D eigenvalue weighted by Crippen LogP contribution is -2.49. The largest absolute Gasteiger partial charge is 0.480 e. The maximum Gasteiger partial charge on any atom is 0.329 e. The first-order valence-corrected chi connectivity index (χ1v) is 5.98. The molecule has 0 saturated carbocycles. The maximum atomic E-state index is 11.6. The average molecular weight is 279 g/mol. The van der Waals surface area contributed by atoms with Crippen LogP contribution in [0.2, 0.25) is 0 Å². The lowest BCUT2D eigenvalue weighted by Gasteiger charge is -2.18. The number of aliphatic carboxylic acids is 1. The summed E-state index contributed by atoms with van der Waals surface area (Å²) in [5, 5.41) is 20.7. The molecule has 0 bridgehead atoms. The normalized spacial score (nSPS) is 13.9. The van der Waals surface area contributed by atoms with E-state index in [1.807, 2.05) is 18.2 Å². The zero-order valence-electron chi connectivity index (χ0n) is 11.0. The first-order valence-electron chi connectivity index (χ1n) is 5.98. The SMILES string of the molecule is COC[C@@H](O)[C@H](NC(=O)/C=C/c1ccccc1)C(=O)O. The molecular weight excluding hydrogens is 262 g/mol. The maximum absolute atomic E-state index is 11.6. The Morgan fingerprint density at radius 2 is 2.00 bits per heavy atom. The molecule has 108 valence electrons. The van der Waals surface area contributed by atoms with Crippen LogP contribution in [0.4, 0.5) is 0 Å². The standard InChI is InChI=1S/C14H17NO5/c1-20-9-11(16)13(14(18)19)15-12(17)8-7-10-5-3-2-4-6-10/h2-8,11,13,16H,9H2,1H3,(H,15,17)(H,18,19)/b8-7+/t11-,13+/m1/s1. The van der Waals surface area contributed by atoms with E-state index < -0.39 is 24.0 Å². The molecule has 0 radical (unpaired) electrons. The fraction of sp³-hybridized carbons (Fsp3) is 0.286. The molecule has 1 aromatic rings. The van der Waals surface area contributed by atoms with Crippen LogP contribution in [0.1, 0.15) is 5.56 Å². The Hall–Kier alpha value is -2.18. The van der Waals surface area contributed by atoms with Gasteiger partial charge in [-0.1, -0.05) is 30.3 Å². The van der Waals surface area contributed by atoms with Gasteiger partial charge in [0.25, 0.3) is 0 Å². The smallest absolute Gasteiger partial charge is 0.329 e. The number of carboxylic acid groups (broad SMARTS) is 1. The van der Waals surface area contributed by atoms with Gasteiger partial charge in [-0.15, -0.1) is 0 Å². The van der Waals surface area contributed by atoms with Gasteiger partial charge < -0.3 is 20.3 Å². The molecule has 0 spiro atoms. The number of amides is 1. The Morgan fingerprint density at radius 3 is 2.55 bits per heavy atom. The van der Waals surface area contributed by atoms with Gasteiger partial charge in [0.2, 0.25) is 5.91 Å². The molecular formula is C14H17NO5. The van der Waals surface area contributed by atoms with Crippen LogP contribution in [0.25, 0.3) is 6.08 Å². The number of ether oxygens (including phenoxy) is 1. The molecule has 0 saturated heterocycles. The van der Waals surface area contributed by atoms with E-state index >= 15 is 0 Å². The predicted octanol–water partition coefficient (Wildman–Crippen LogP) is 0.276. The van der Waals surface area contributed by atoms with Crippen LogP contribution in [0.15, 0.2) is 36.4 Å². The second-order valence-corrected chi connectivity index (χ2v) is 4.09. The van der Waals surface area contributed by atoms with E-state index in [-0.39, 0.29) is 6.61 Å². The first kappa shape index (κ1) is 15.9. The molecule has 1 rings (SSSR count). The zero-order chi connectivity index (χ0) is 15.0. The van der Waals surface area contributed by atoms with E-state index in [1.165, 1.54) is 13.2 Å². The number of carbonyl (C=O) groups excluding carboxylic acids is 1. The van der Waals surface area contributed by atoms with Gasteiger partial charge in [-0.25, -0.2) is 4.79 Å². The molecule has 0 aliphatic heterocycles. The van der Waals surface area contributed by atoms with Crippen LogP contribution in [0, 0.1) is 0 Å². The van der Waals surface area contributed by atoms with E-state index in [2.05, 4.69) is 10.1 Å². The van der Waals surface area contributed by atoms with Crippen LogP contribution in [0.3, 0.4) is 0 Å². The monoisotopic (exact) mass is 279 g/mol. The number of carbonyl (C=O) groups is 2. The number of rotatable bonds is 7. The number of aliphatic hydroxyl groups is 1. The lowest BCUT2D eigenvalue weighted by molar-refractivity contribution is -0.145. The summed E-state index contributed by atoms with van der Waals surface area (Å²) in [5.41, 5.74) is 0.812. The van der Waals surface area contributed by atoms with Crippen molar-refractivity contribution >= 4 is 18.0 Å². The summed E-state index contributed by atoms with van der Waals surface area (Å²) < 4.78 is 4.66. The van der Waals surface area contributed by atoms with Crippen LogP contribution >= 0.6 is 0 Å². The van der Waals surface area contributed by atoms with Gasteiger partial charge >= 0.3 is 5.97 Å². The van der Waals surface area contributed by atoms with Crippen LogP contribution in [0.5, 0.6) is 0 Å². The molecule has 0 unspecified atom stereocenters. The van der Waals surface area contributed by atoms with Gasteiger partial charge in [0, 0.05) is 13.2 Å². The summed E-state index contributed by atoms with van der Waals surface area (Å²) >= 11 is 0. The fourth-order valence-electron chi connectivity index (χ4n) is 1.53. The van der Waals surface area contributed by atoms with Crippen molar-refractivity contribution in [2.24, 2.45) is 0 Å². The van der Waals surface area contributed by atoms with Crippen molar-refractivity contribution in [1.82, 2.24) is 5.32 Å². The Morgan fingerprint density at radius 1 is 1.35 bits per heavy atom.